The number of aromatic hydroxyl groups is 1. The molecule has 1 N–H and O–H groups in total. The van der Waals surface area contributed by atoms with Crippen molar-refractivity contribution in [2.45, 2.75) is 17.4 Å². The fraction of sp³-hybridized carbons (Fsp3) is 0.276. The molecular weight excluding hydrogens is 503 g/mol. The van der Waals surface area contributed by atoms with Crippen LogP contribution < -0.4 is 4.90 Å². The Balaban J connectivity index is 1.38. The van der Waals surface area contributed by atoms with Gasteiger partial charge in [-0.25, -0.2) is 12.8 Å². The lowest BCUT2D eigenvalue weighted by atomic mass is 10.0. The van der Waals surface area contributed by atoms with Crippen LogP contribution in [0, 0.1) is 5.82 Å². The topological polar surface area (TPSA) is 77.0 Å². The maximum atomic E-state index is 13.9. The van der Waals surface area contributed by atoms with Crippen LogP contribution in [0.4, 0.5) is 10.1 Å². The Morgan fingerprint density at radius 2 is 1.68 bits per heavy atom. The van der Waals surface area contributed by atoms with Crippen molar-refractivity contribution in [2.24, 2.45) is 0 Å². The van der Waals surface area contributed by atoms with Crippen LogP contribution in [0.15, 0.2) is 90.1 Å². The lowest BCUT2D eigenvalue weighted by molar-refractivity contribution is 0.200. The number of halogens is 1. The Kier molecular flexibility index (Phi) is 7.60. The van der Waals surface area contributed by atoms with E-state index in [2.05, 4.69) is 14.8 Å². The van der Waals surface area contributed by atoms with E-state index >= 15 is 0 Å². The molecular formula is C29H31FN4O3S. The van der Waals surface area contributed by atoms with Gasteiger partial charge in [0.05, 0.1) is 4.90 Å². The zero-order valence-electron chi connectivity index (χ0n) is 21.2. The normalized spacial score (nSPS) is 15.7. The molecule has 3 aromatic carbocycles. The maximum Gasteiger partial charge on any atom is 0.243 e. The molecule has 7 nitrogen and oxygen atoms in total. The van der Waals surface area contributed by atoms with Gasteiger partial charge in [0.1, 0.15) is 11.6 Å². The maximum absolute atomic E-state index is 13.9. The molecule has 0 amide bonds. The fourth-order valence-corrected chi connectivity index (χ4v) is 6.58. The van der Waals surface area contributed by atoms with Crippen molar-refractivity contribution >= 4 is 26.5 Å². The van der Waals surface area contributed by atoms with Gasteiger partial charge in [0.15, 0.2) is 0 Å². The summed E-state index contributed by atoms with van der Waals surface area (Å²) >= 11 is 0. The first-order chi connectivity index (χ1) is 18.3. The number of benzene rings is 3. The summed E-state index contributed by atoms with van der Waals surface area (Å²) in [4.78, 5) is 8.89. The minimum absolute atomic E-state index is 0.174. The first kappa shape index (κ1) is 26.1. The van der Waals surface area contributed by atoms with E-state index in [0.29, 0.717) is 18.4 Å². The second kappa shape index (κ2) is 11.1. The molecule has 1 fully saturated rings. The number of fused-ring (bicyclic) bond motifs is 1. The monoisotopic (exact) mass is 534 g/mol. The quantitative estimate of drug-likeness (QED) is 0.366. The highest BCUT2D eigenvalue weighted by atomic mass is 32.2. The Morgan fingerprint density at radius 3 is 2.39 bits per heavy atom. The minimum Gasteiger partial charge on any atom is -0.508 e. The molecule has 5 rings (SSSR count). The molecule has 0 bridgehead atoms. The SMILES string of the molecule is CN(C(Cc1ccc(O)cc1)CN1CCN(c2ccc(F)cc2)CC1)S(=O)(=O)c1cccc2cnccc12. The molecule has 1 aliphatic heterocycles. The van der Waals surface area contributed by atoms with Crippen LogP contribution >= 0.6 is 0 Å². The van der Waals surface area contributed by atoms with Crippen molar-refractivity contribution in [3.63, 3.8) is 0 Å². The second-order valence-electron chi connectivity index (χ2n) is 9.66. The number of piperazine rings is 1. The Bertz CT molecular complexity index is 1480. The molecule has 0 saturated carbocycles. The predicted molar refractivity (Wildman–Crippen MR) is 147 cm³/mol. The van der Waals surface area contributed by atoms with E-state index in [1.165, 1.54) is 16.4 Å². The lowest BCUT2D eigenvalue weighted by Crippen LogP contribution is -2.52. The summed E-state index contributed by atoms with van der Waals surface area (Å²) in [7, 11) is -2.17. The Hall–Kier alpha value is -3.53. The third kappa shape index (κ3) is 5.65. The molecule has 198 valence electrons. The van der Waals surface area contributed by atoms with E-state index in [0.717, 1.165) is 42.8 Å². The number of sulfonamides is 1. The van der Waals surface area contributed by atoms with Gasteiger partial charge >= 0.3 is 0 Å². The van der Waals surface area contributed by atoms with Gasteiger partial charge < -0.3 is 10.0 Å². The van der Waals surface area contributed by atoms with Crippen LogP contribution in [0.5, 0.6) is 5.75 Å². The highest BCUT2D eigenvalue weighted by molar-refractivity contribution is 7.89. The Labute approximate surface area is 222 Å². The highest BCUT2D eigenvalue weighted by Gasteiger charge is 2.31. The molecule has 0 aliphatic carbocycles. The van der Waals surface area contributed by atoms with Gasteiger partial charge in [0.2, 0.25) is 10.0 Å². The van der Waals surface area contributed by atoms with Crippen LogP contribution in [-0.2, 0) is 16.4 Å². The number of nitrogens with zero attached hydrogens (tertiary/aromatic N) is 4. The third-order valence-electron chi connectivity index (χ3n) is 7.25. The van der Waals surface area contributed by atoms with Crippen molar-refractivity contribution in [3.05, 3.63) is 96.6 Å². The number of anilines is 1. The van der Waals surface area contributed by atoms with Crippen LogP contribution in [-0.4, -0.2) is 73.5 Å². The van der Waals surface area contributed by atoms with Crippen molar-refractivity contribution in [2.75, 3.05) is 44.7 Å². The molecule has 38 heavy (non-hydrogen) atoms. The molecule has 1 aliphatic rings. The summed E-state index contributed by atoms with van der Waals surface area (Å²) in [6, 6.07) is 20.1. The first-order valence-corrected chi connectivity index (χ1v) is 14.1. The third-order valence-corrected chi connectivity index (χ3v) is 9.22. The standard InChI is InChI=1S/C29H31FN4O3S/c1-32(38(36,37)29-4-2-3-23-20-31-14-13-28(23)29)26(19-22-5-11-27(35)12-6-22)21-33-15-17-34(18-16-33)25-9-7-24(30)8-10-25/h2-14,20,26,35H,15-19,21H2,1H3. The number of phenolic OH excluding ortho intramolecular Hbond substituents is 1. The summed E-state index contributed by atoms with van der Waals surface area (Å²) in [5, 5.41) is 11.1. The number of rotatable bonds is 8. The van der Waals surface area contributed by atoms with E-state index in [1.807, 2.05) is 18.2 Å². The van der Waals surface area contributed by atoms with Gasteiger partial charge in [0, 0.05) is 74.7 Å². The van der Waals surface area contributed by atoms with Gasteiger partial charge in [-0.15, -0.1) is 0 Å². The summed E-state index contributed by atoms with van der Waals surface area (Å²) in [5.74, 6) is -0.0799. The predicted octanol–water partition coefficient (Wildman–Crippen LogP) is 4.13. The molecule has 2 heterocycles. The number of hydrogen-bond acceptors (Lipinski definition) is 6. The van der Waals surface area contributed by atoms with Crippen molar-refractivity contribution in [1.82, 2.24) is 14.2 Å². The van der Waals surface area contributed by atoms with Gasteiger partial charge in [-0.1, -0.05) is 24.3 Å². The number of phenols is 1. The van der Waals surface area contributed by atoms with Crippen LogP contribution in [0.1, 0.15) is 5.56 Å². The van der Waals surface area contributed by atoms with E-state index in [-0.39, 0.29) is 22.5 Å². The van der Waals surface area contributed by atoms with Gasteiger partial charge in [0.25, 0.3) is 0 Å². The van der Waals surface area contributed by atoms with Crippen LogP contribution in [0.25, 0.3) is 10.8 Å². The number of pyridine rings is 1. The first-order valence-electron chi connectivity index (χ1n) is 12.6. The molecule has 1 aromatic heterocycles. The fourth-order valence-electron chi connectivity index (χ4n) is 5.02. The summed E-state index contributed by atoms with van der Waals surface area (Å²) in [6.07, 6.45) is 3.78. The molecule has 1 atom stereocenters. The number of likely N-dealkylation sites (N-methyl/N-ethyl adjacent to an activating group) is 1. The van der Waals surface area contributed by atoms with E-state index in [9.17, 15) is 17.9 Å². The molecule has 1 unspecified atom stereocenters. The molecule has 0 spiro atoms. The largest absolute Gasteiger partial charge is 0.508 e. The summed E-state index contributed by atoms with van der Waals surface area (Å²) < 4.78 is 42.7. The average molecular weight is 535 g/mol. The summed E-state index contributed by atoms with van der Waals surface area (Å²) in [6.45, 7) is 3.61. The Morgan fingerprint density at radius 1 is 0.974 bits per heavy atom. The smallest absolute Gasteiger partial charge is 0.243 e. The molecule has 0 radical (unpaired) electrons. The summed E-state index contributed by atoms with van der Waals surface area (Å²) in [5.41, 5.74) is 1.93. The van der Waals surface area contributed by atoms with Gasteiger partial charge in [-0.3, -0.25) is 9.88 Å². The van der Waals surface area contributed by atoms with Crippen molar-refractivity contribution in [3.8, 4) is 5.75 Å². The lowest BCUT2D eigenvalue weighted by Gasteiger charge is -2.39. The van der Waals surface area contributed by atoms with E-state index in [1.54, 1.807) is 61.9 Å². The zero-order chi connectivity index (χ0) is 26.7. The van der Waals surface area contributed by atoms with Crippen molar-refractivity contribution < 1.29 is 17.9 Å². The van der Waals surface area contributed by atoms with Crippen LogP contribution in [0.2, 0.25) is 0 Å². The van der Waals surface area contributed by atoms with Crippen molar-refractivity contribution in [1.29, 1.82) is 0 Å². The van der Waals surface area contributed by atoms with E-state index < -0.39 is 10.0 Å². The minimum atomic E-state index is -3.82. The number of hydrogen-bond donors (Lipinski definition) is 1. The van der Waals surface area contributed by atoms with Crippen LogP contribution in [0.3, 0.4) is 0 Å². The van der Waals surface area contributed by atoms with Gasteiger partial charge in [-0.2, -0.15) is 4.31 Å². The van der Waals surface area contributed by atoms with Gasteiger partial charge in [-0.05, 0) is 60.5 Å². The average Bonchev–Trinajstić information content (AvgIpc) is 2.94. The molecule has 4 aromatic rings. The van der Waals surface area contributed by atoms with E-state index in [4.69, 9.17) is 0 Å². The second-order valence-corrected chi connectivity index (χ2v) is 11.6. The molecule has 1 saturated heterocycles. The zero-order valence-corrected chi connectivity index (χ0v) is 22.1. The highest BCUT2D eigenvalue weighted by Crippen LogP contribution is 2.27. The number of aromatic nitrogens is 1. The molecule has 9 heteroatoms.